The van der Waals surface area contributed by atoms with Crippen molar-refractivity contribution < 1.29 is 4.42 Å². The normalized spacial score (nSPS) is 18.6. The van der Waals surface area contributed by atoms with Crippen LogP contribution < -0.4 is 0 Å². The Hall–Kier alpha value is -1.73. The second kappa shape index (κ2) is 7.23. The van der Waals surface area contributed by atoms with Crippen LogP contribution in [-0.2, 0) is 6.54 Å². The first-order valence-electron chi connectivity index (χ1n) is 8.34. The van der Waals surface area contributed by atoms with Crippen LogP contribution in [0.15, 0.2) is 22.8 Å². The fourth-order valence-electron chi connectivity index (χ4n) is 3.11. The third kappa shape index (κ3) is 3.97. The van der Waals surface area contributed by atoms with Crippen molar-refractivity contribution in [1.29, 1.82) is 0 Å². The number of piperazine rings is 1. The molecule has 0 unspecified atom stereocenters. The molecule has 0 radical (unpaired) electrons. The van der Waals surface area contributed by atoms with Gasteiger partial charge in [-0.1, -0.05) is 13.8 Å². The molecule has 1 saturated heterocycles. The Morgan fingerprint density at radius 3 is 2.65 bits per heavy atom. The van der Waals surface area contributed by atoms with Crippen molar-refractivity contribution in [2.75, 3.05) is 33.2 Å². The molecular formula is C16H26N6O. The van der Waals surface area contributed by atoms with E-state index in [0.29, 0.717) is 12.5 Å². The lowest BCUT2D eigenvalue weighted by molar-refractivity contribution is 0.0933. The Morgan fingerprint density at radius 2 is 2.00 bits per heavy atom. The molecule has 1 aliphatic heterocycles. The van der Waals surface area contributed by atoms with Crippen molar-refractivity contribution in [1.82, 2.24) is 30.0 Å². The van der Waals surface area contributed by atoms with E-state index in [1.54, 1.807) is 6.26 Å². The van der Waals surface area contributed by atoms with Crippen LogP contribution in [0.1, 0.15) is 37.9 Å². The summed E-state index contributed by atoms with van der Waals surface area (Å²) < 4.78 is 7.32. The quantitative estimate of drug-likeness (QED) is 0.807. The molecule has 1 fully saturated rings. The molecule has 0 bridgehead atoms. The van der Waals surface area contributed by atoms with Gasteiger partial charge in [0.25, 0.3) is 0 Å². The van der Waals surface area contributed by atoms with Crippen LogP contribution in [0.3, 0.4) is 0 Å². The summed E-state index contributed by atoms with van der Waals surface area (Å²) in [4.78, 5) is 4.89. The second-order valence-electron chi connectivity index (χ2n) is 6.76. The highest BCUT2D eigenvalue weighted by atomic mass is 16.3. The van der Waals surface area contributed by atoms with E-state index in [9.17, 15) is 0 Å². The average molecular weight is 318 g/mol. The summed E-state index contributed by atoms with van der Waals surface area (Å²) in [5.41, 5.74) is 0. The monoisotopic (exact) mass is 318 g/mol. The summed E-state index contributed by atoms with van der Waals surface area (Å²) in [5, 5.41) is 12.5. The highest BCUT2D eigenvalue weighted by molar-refractivity contribution is 5.02. The molecule has 23 heavy (non-hydrogen) atoms. The number of hydrogen-bond acceptors (Lipinski definition) is 6. The lowest BCUT2D eigenvalue weighted by atomic mass is 10.0. The Labute approximate surface area is 137 Å². The summed E-state index contributed by atoms with van der Waals surface area (Å²) in [6, 6.07) is 4.11. The standard InChI is InChI=1S/C16H26N6O/c1-13(2)11-15(21-8-6-20(3)7-9-21)16-17-18-19-22(16)12-14-5-4-10-23-14/h4-5,10,13,15H,6-9,11-12H2,1-3H3/t15-/m0/s1. The Morgan fingerprint density at radius 1 is 1.22 bits per heavy atom. The van der Waals surface area contributed by atoms with Crippen LogP contribution in [-0.4, -0.2) is 63.2 Å². The van der Waals surface area contributed by atoms with Crippen LogP contribution in [0.25, 0.3) is 0 Å². The van der Waals surface area contributed by atoms with Gasteiger partial charge in [0.1, 0.15) is 12.3 Å². The molecule has 2 aromatic rings. The SMILES string of the molecule is CC(C)C[C@@H](c1nnnn1Cc1ccco1)N1CCN(C)CC1. The number of aromatic nitrogens is 4. The lowest BCUT2D eigenvalue weighted by Gasteiger charge is -2.37. The zero-order chi connectivity index (χ0) is 16.2. The van der Waals surface area contributed by atoms with Crippen molar-refractivity contribution in [3.05, 3.63) is 30.0 Å². The maximum Gasteiger partial charge on any atom is 0.168 e. The second-order valence-corrected chi connectivity index (χ2v) is 6.76. The molecule has 0 aliphatic carbocycles. The van der Waals surface area contributed by atoms with Crippen LogP contribution in [0, 0.1) is 5.92 Å². The van der Waals surface area contributed by atoms with Crippen LogP contribution in [0.2, 0.25) is 0 Å². The van der Waals surface area contributed by atoms with Gasteiger partial charge in [0.15, 0.2) is 5.82 Å². The highest BCUT2D eigenvalue weighted by Gasteiger charge is 2.29. The van der Waals surface area contributed by atoms with Gasteiger partial charge in [-0.3, -0.25) is 4.90 Å². The number of nitrogens with zero attached hydrogens (tertiary/aromatic N) is 6. The topological polar surface area (TPSA) is 63.2 Å². The fourth-order valence-corrected chi connectivity index (χ4v) is 3.11. The molecule has 1 atom stereocenters. The lowest BCUT2D eigenvalue weighted by Crippen LogP contribution is -2.46. The molecular weight excluding hydrogens is 292 g/mol. The number of tetrazole rings is 1. The van der Waals surface area contributed by atoms with Gasteiger partial charge in [-0.2, -0.15) is 0 Å². The predicted molar refractivity (Wildman–Crippen MR) is 86.9 cm³/mol. The zero-order valence-electron chi connectivity index (χ0n) is 14.2. The minimum atomic E-state index is 0.258. The fraction of sp³-hybridized carbons (Fsp3) is 0.688. The molecule has 0 spiro atoms. The average Bonchev–Trinajstić information content (AvgIpc) is 3.18. The molecule has 3 heterocycles. The number of furan rings is 1. The van der Waals surface area contributed by atoms with E-state index in [1.165, 1.54) is 0 Å². The van der Waals surface area contributed by atoms with Gasteiger partial charge in [-0.25, -0.2) is 4.68 Å². The molecule has 1 aliphatic rings. The third-order valence-electron chi connectivity index (χ3n) is 4.42. The maximum absolute atomic E-state index is 5.45. The zero-order valence-corrected chi connectivity index (χ0v) is 14.2. The minimum Gasteiger partial charge on any atom is -0.467 e. The first kappa shape index (κ1) is 16.1. The Kier molecular flexibility index (Phi) is 5.07. The largest absolute Gasteiger partial charge is 0.467 e. The van der Waals surface area contributed by atoms with Gasteiger partial charge < -0.3 is 9.32 Å². The van der Waals surface area contributed by atoms with Gasteiger partial charge in [0.05, 0.1) is 12.3 Å². The molecule has 0 amide bonds. The summed E-state index contributed by atoms with van der Waals surface area (Å²) in [7, 11) is 2.18. The van der Waals surface area contributed by atoms with Crippen LogP contribution in [0.5, 0.6) is 0 Å². The van der Waals surface area contributed by atoms with Gasteiger partial charge in [-0.15, -0.1) is 5.10 Å². The van der Waals surface area contributed by atoms with Crippen molar-refractivity contribution in [3.8, 4) is 0 Å². The van der Waals surface area contributed by atoms with Crippen molar-refractivity contribution >= 4 is 0 Å². The molecule has 0 N–H and O–H groups in total. The van der Waals surface area contributed by atoms with Gasteiger partial charge in [0.2, 0.25) is 0 Å². The molecule has 2 aromatic heterocycles. The van der Waals surface area contributed by atoms with Crippen LogP contribution in [0.4, 0.5) is 0 Å². The molecule has 0 aromatic carbocycles. The van der Waals surface area contributed by atoms with Crippen LogP contribution >= 0.6 is 0 Å². The summed E-state index contributed by atoms with van der Waals surface area (Å²) in [5.74, 6) is 2.41. The Balaban J connectivity index is 1.80. The van der Waals surface area contributed by atoms with E-state index in [0.717, 1.165) is 44.2 Å². The van der Waals surface area contributed by atoms with Gasteiger partial charge in [-0.05, 0) is 41.9 Å². The highest BCUT2D eigenvalue weighted by Crippen LogP contribution is 2.27. The number of hydrogen-bond donors (Lipinski definition) is 0. The minimum absolute atomic E-state index is 0.258. The summed E-state index contributed by atoms with van der Waals surface area (Å²) in [6.45, 7) is 9.39. The van der Waals surface area contributed by atoms with Crippen molar-refractivity contribution in [2.45, 2.75) is 32.9 Å². The number of rotatable bonds is 6. The van der Waals surface area contributed by atoms with Gasteiger partial charge in [0, 0.05) is 26.2 Å². The molecule has 0 saturated carbocycles. The maximum atomic E-state index is 5.45. The van der Waals surface area contributed by atoms with E-state index in [1.807, 2.05) is 16.8 Å². The molecule has 7 heteroatoms. The first-order valence-corrected chi connectivity index (χ1v) is 8.34. The Bertz CT molecular complexity index is 585. The van der Waals surface area contributed by atoms with E-state index < -0.39 is 0 Å². The van der Waals surface area contributed by atoms with E-state index in [-0.39, 0.29) is 6.04 Å². The molecule has 7 nitrogen and oxygen atoms in total. The first-order chi connectivity index (χ1) is 11.1. The number of likely N-dealkylation sites (N-methyl/N-ethyl adjacent to an activating group) is 1. The van der Waals surface area contributed by atoms with Gasteiger partial charge >= 0.3 is 0 Å². The third-order valence-corrected chi connectivity index (χ3v) is 4.42. The molecule has 126 valence electrons. The summed E-state index contributed by atoms with van der Waals surface area (Å²) >= 11 is 0. The van der Waals surface area contributed by atoms with E-state index in [4.69, 9.17) is 4.42 Å². The summed E-state index contributed by atoms with van der Waals surface area (Å²) in [6.07, 6.45) is 2.74. The molecule has 3 rings (SSSR count). The predicted octanol–water partition coefficient (Wildman–Crippen LogP) is 1.65. The van der Waals surface area contributed by atoms with Crippen molar-refractivity contribution in [3.63, 3.8) is 0 Å². The van der Waals surface area contributed by atoms with Crippen molar-refractivity contribution in [2.24, 2.45) is 5.92 Å². The van der Waals surface area contributed by atoms with E-state index >= 15 is 0 Å². The smallest absolute Gasteiger partial charge is 0.168 e. The van der Waals surface area contributed by atoms with E-state index in [2.05, 4.69) is 46.2 Å².